The average Bonchev–Trinajstić information content (AvgIpc) is 2.93. The van der Waals surface area contributed by atoms with Crippen LogP contribution < -0.4 is 5.32 Å². The zero-order chi connectivity index (χ0) is 15.0. The minimum atomic E-state index is -0.0241. The molecule has 0 aromatic carbocycles. The molecule has 5 heteroatoms. The van der Waals surface area contributed by atoms with Crippen molar-refractivity contribution in [3.8, 4) is 11.4 Å². The molecule has 0 aliphatic rings. The Kier molecular flexibility index (Phi) is 3.37. The van der Waals surface area contributed by atoms with Crippen LogP contribution >= 0.6 is 11.3 Å². The molecule has 3 aromatic heterocycles. The summed E-state index contributed by atoms with van der Waals surface area (Å²) in [5.41, 5.74) is 2.96. The van der Waals surface area contributed by atoms with Gasteiger partial charge in [0.2, 0.25) is 0 Å². The van der Waals surface area contributed by atoms with Crippen molar-refractivity contribution in [1.82, 2.24) is 15.0 Å². The van der Waals surface area contributed by atoms with Gasteiger partial charge in [-0.1, -0.05) is 20.8 Å². The van der Waals surface area contributed by atoms with Gasteiger partial charge in [-0.2, -0.15) is 0 Å². The number of hydrogen-bond acceptors (Lipinski definition) is 5. The first-order valence-electron chi connectivity index (χ1n) is 6.88. The molecule has 0 saturated heterocycles. The summed E-state index contributed by atoms with van der Waals surface area (Å²) < 4.78 is 1.16. The summed E-state index contributed by atoms with van der Waals surface area (Å²) in [6.07, 6.45) is 1.84. The Balaban J connectivity index is 2.16. The van der Waals surface area contributed by atoms with Gasteiger partial charge in [0.15, 0.2) is 5.82 Å². The number of pyridine rings is 1. The molecule has 0 aliphatic carbocycles. The molecule has 0 fully saturated rings. The Morgan fingerprint density at radius 2 is 1.95 bits per heavy atom. The fourth-order valence-corrected chi connectivity index (χ4v) is 2.84. The lowest BCUT2D eigenvalue weighted by Gasteiger charge is -2.19. The van der Waals surface area contributed by atoms with E-state index in [2.05, 4.69) is 42.1 Å². The Morgan fingerprint density at radius 1 is 1.14 bits per heavy atom. The number of thiophene rings is 1. The fourth-order valence-electron chi connectivity index (χ4n) is 2.06. The van der Waals surface area contributed by atoms with E-state index >= 15 is 0 Å². The molecule has 3 rings (SSSR count). The minimum Gasteiger partial charge on any atom is -0.373 e. The van der Waals surface area contributed by atoms with Crippen LogP contribution in [-0.4, -0.2) is 22.0 Å². The highest BCUT2D eigenvalue weighted by Gasteiger charge is 2.18. The highest BCUT2D eigenvalue weighted by molar-refractivity contribution is 7.17. The number of nitrogens with one attached hydrogen (secondary N) is 1. The average molecular weight is 298 g/mol. The highest BCUT2D eigenvalue weighted by Crippen LogP contribution is 2.28. The normalized spacial score (nSPS) is 11.8. The Hall–Kier alpha value is -2.01. The maximum absolute atomic E-state index is 4.73. The third-order valence-corrected chi connectivity index (χ3v) is 4.16. The molecule has 21 heavy (non-hydrogen) atoms. The molecule has 0 bridgehead atoms. The molecule has 4 nitrogen and oxygen atoms in total. The van der Waals surface area contributed by atoms with Crippen LogP contribution in [0.3, 0.4) is 0 Å². The first-order chi connectivity index (χ1) is 9.97. The van der Waals surface area contributed by atoms with E-state index in [1.807, 2.05) is 30.8 Å². The van der Waals surface area contributed by atoms with E-state index in [-0.39, 0.29) is 5.41 Å². The quantitative estimate of drug-likeness (QED) is 0.774. The van der Waals surface area contributed by atoms with Crippen LogP contribution in [0.4, 0.5) is 5.82 Å². The van der Waals surface area contributed by atoms with Crippen LogP contribution in [0.2, 0.25) is 0 Å². The topological polar surface area (TPSA) is 50.7 Å². The molecule has 0 spiro atoms. The van der Waals surface area contributed by atoms with Crippen LogP contribution in [-0.2, 0) is 5.41 Å². The first-order valence-corrected chi connectivity index (χ1v) is 7.76. The van der Waals surface area contributed by atoms with E-state index < -0.39 is 0 Å². The van der Waals surface area contributed by atoms with Crippen LogP contribution in [0.5, 0.6) is 0 Å². The van der Waals surface area contributed by atoms with Crippen LogP contribution in [0, 0.1) is 0 Å². The Bertz CT molecular complexity index is 786. The maximum Gasteiger partial charge on any atom is 0.163 e. The van der Waals surface area contributed by atoms with Crippen molar-refractivity contribution in [3.05, 3.63) is 35.5 Å². The van der Waals surface area contributed by atoms with Gasteiger partial charge in [0, 0.05) is 30.3 Å². The zero-order valence-electron chi connectivity index (χ0n) is 12.6. The summed E-state index contributed by atoms with van der Waals surface area (Å²) in [6, 6.07) is 6.13. The van der Waals surface area contributed by atoms with Gasteiger partial charge in [0.05, 0.1) is 15.9 Å². The smallest absolute Gasteiger partial charge is 0.163 e. The number of anilines is 1. The maximum atomic E-state index is 4.73. The standard InChI is InChI=1S/C16H18N4S/c1-16(2,3)13-8-14(17-4)20-15(19-13)10-7-12-11(18-9-10)5-6-21-12/h5-9H,1-4H3,(H,17,19,20). The van der Waals surface area contributed by atoms with Gasteiger partial charge in [-0.3, -0.25) is 4.98 Å². The third-order valence-electron chi connectivity index (χ3n) is 3.31. The third kappa shape index (κ3) is 2.74. The van der Waals surface area contributed by atoms with Gasteiger partial charge < -0.3 is 5.32 Å². The van der Waals surface area contributed by atoms with Crippen molar-refractivity contribution in [3.63, 3.8) is 0 Å². The van der Waals surface area contributed by atoms with Crippen molar-refractivity contribution in [1.29, 1.82) is 0 Å². The number of nitrogens with zero attached hydrogens (tertiary/aromatic N) is 3. The first kappa shape index (κ1) is 13.9. The van der Waals surface area contributed by atoms with E-state index in [9.17, 15) is 0 Å². The summed E-state index contributed by atoms with van der Waals surface area (Å²) in [4.78, 5) is 13.8. The molecular formula is C16H18N4S. The van der Waals surface area contributed by atoms with Crippen LogP contribution in [0.1, 0.15) is 26.5 Å². The van der Waals surface area contributed by atoms with Gasteiger partial charge >= 0.3 is 0 Å². The largest absolute Gasteiger partial charge is 0.373 e. The molecule has 0 aliphatic heterocycles. The van der Waals surface area contributed by atoms with Crippen molar-refractivity contribution in [2.45, 2.75) is 26.2 Å². The molecule has 108 valence electrons. The second-order valence-corrected chi connectivity index (χ2v) is 6.94. The number of rotatable bonds is 2. The monoisotopic (exact) mass is 298 g/mol. The molecule has 0 atom stereocenters. The van der Waals surface area contributed by atoms with E-state index in [0.717, 1.165) is 33.1 Å². The van der Waals surface area contributed by atoms with E-state index in [0.29, 0.717) is 0 Å². The second-order valence-electron chi connectivity index (χ2n) is 5.99. The molecule has 1 N–H and O–H groups in total. The fraction of sp³-hybridized carbons (Fsp3) is 0.312. The predicted molar refractivity (Wildman–Crippen MR) is 88.9 cm³/mol. The number of aromatic nitrogens is 3. The molecule has 0 amide bonds. The van der Waals surface area contributed by atoms with Crippen molar-refractivity contribution >= 4 is 27.4 Å². The van der Waals surface area contributed by atoms with Gasteiger partial charge in [0.25, 0.3) is 0 Å². The molecule has 0 saturated carbocycles. The molecule has 3 aromatic rings. The lowest BCUT2D eigenvalue weighted by Crippen LogP contribution is -2.15. The summed E-state index contributed by atoms with van der Waals surface area (Å²) in [6.45, 7) is 6.46. The summed E-state index contributed by atoms with van der Waals surface area (Å²) >= 11 is 1.68. The molecule has 0 radical (unpaired) electrons. The summed E-state index contributed by atoms with van der Waals surface area (Å²) in [5, 5.41) is 5.16. The lowest BCUT2D eigenvalue weighted by atomic mass is 9.92. The zero-order valence-corrected chi connectivity index (χ0v) is 13.5. The Labute approximate surface area is 128 Å². The minimum absolute atomic E-state index is 0.0241. The van der Waals surface area contributed by atoms with Gasteiger partial charge in [-0.15, -0.1) is 11.3 Å². The number of hydrogen-bond donors (Lipinski definition) is 1. The van der Waals surface area contributed by atoms with Crippen molar-refractivity contribution < 1.29 is 0 Å². The Morgan fingerprint density at radius 3 is 2.67 bits per heavy atom. The van der Waals surface area contributed by atoms with Crippen molar-refractivity contribution in [2.75, 3.05) is 12.4 Å². The predicted octanol–water partition coefficient (Wildman–Crippen LogP) is 4.09. The molecular weight excluding hydrogens is 280 g/mol. The van der Waals surface area contributed by atoms with E-state index in [4.69, 9.17) is 4.98 Å². The number of fused-ring (bicyclic) bond motifs is 1. The van der Waals surface area contributed by atoms with Gasteiger partial charge in [0.1, 0.15) is 5.82 Å². The molecule has 0 unspecified atom stereocenters. The van der Waals surface area contributed by atoms with E-state index in [1.165, 1.54) is 0 Å². The van der Waals surface area contributed by atoms with Crippen LogP contribution in [0.15, 0.2) is 29.8 Å². The lowest BCUT2D eigenvalue weighted by molar-refractivity contribution is 0.568. The highest BCUT2D eigenvalue weighted by atomic mass is 32.1. The van der Waals surface area contributed by atoms with Gasteiger partial charge in [-0.25, -0.2) is 9.97 Å². The van der Waals surface area contributed by atoms with Crippen molar-refractivity contribution in [2.24, 2.45) is 0 Å². The summed E-state index contributed by atoms with van der Waals surface area (Å²) in [7, 11) is 1.87. The summed E-state index contributed by atoms with van der Waals surface area (Å²) in [5.74, 6) is 1.55. The van der Waals surface area contributed by atoms with Crippen LogP contribution in [0.25, 0.3) is 21.6 Å². The second kappa shape index (κ2) is 5.07. The van der Waals surface area contributed by atoms with Gasteiger partial charge in [-0.05, 0) is 17.5 Å². The SMILES string of the molecule is CNc1cc(C(C)(C)C)nc(-c2cnc3ccsc3c2)n1. The molecule has 3 heterocycles. The van der Waals surface area contributed by atoms with E-state index in [1.54, 1.807) is 11.3 Å².